The lowest BCUT2D eigenvalue weighted by Gasteiger charge is -2.09. The fourth-order valence-corrected chi connectivity index (χ4v) is 1.45. The van der Waals surface area contributed by atoms with Gasteiger partial charge in [-0.05, 0) is 30.2 Å². The molecule has 0 atom stereocenters. The molecule has 0 fully saturated rings. The second kappa shape index (κ2) is 7.33. The first-order valence-corrected chi connectivity index (χ1v) is 5.83. The van der Waals surface area contributed by atoms with Crippen molar-refractivity contribution in [1.29, 1.82) is 0 Å². The van der Waals surface area contributed by atoms with Crippen molar-refractivity contribution in [3.05, 3.63) is 35.4 Å². The van der Waals surface area contributed by atoms with Gasteiger partial charge in [0.05, 0.1) is 13.0 Å². The van der Waals surface area contributed by atoms with Gasteiger partial charge in [0.15, 0.2) is 0 Å². The quantitative estimate of drug-likeness (QED) is 0.770. The molecule has 102 valence electrons. The Hall–Kier alpha value is -2.14. The molecule has 0 saturated carbocycles. The van der Waals surface area contributed by atoms with Gasteiger partial charge < -0.3 is 15.2 Å². The first-order chi connectivity index (χ1) is 9.02. The number of hydrogen-bond donors (Lipinski definition) is 2. The number of carboxylic acid groups (broad SMARTS) is 1. The molecule has 5 heteroatoms. The predicted octanol–water partition coefficient (Wildman–Crippen LogP) is 2.07. The van der Waals surface area contributed by atoms with Gasteiger partial charge in [-0.2, -0.15) is 0 Å². The number of rotatable bonds is 6. The van der Waals surface area contributed by atoms with E-state index in [0.717, 1.165) is 17.2 Å². The molecule has 5 nitrogen and oxygen atoms in total. The monoisotopic (exact) mass is 263 g/mol. The summed E-state index contributed by atoms with van der Waals surface area (Å²) in [5, 5.41) is 11.3. The van der Waals surface area contributed by atoms with Crippen molar-refractivity contribution in [2.24, 2.45) is 0 Å². The number of anilines is 1. The van der Waals surface area contributed by atoms with Gasteiger partial charge in [-0.3, -0.25) is 4.79 Å². The third-order valence-electron chi connectivity index (χ3n) is 2.49. The summed E-state index contributed by atoms with van der Waals surface area (Å²) in [6.45, 7) is 2.24. The zero-order chi connectivity index (χ0) is 14.3. The summed E-state index contributed by atoms with van der Waals surface area (Å²) in [5.41, 5.74) is 2.31. The van der Waals surface area contributed by atoms with Crippen LogP contribution in [0.4, 0.5) is 5.69 Å². The number of aryl methyl sites for hydroxylation is 1. The Balaban J connectivity index is 2.79. The van der Waals surface area contributed by atoms with Crippen molar-refractivity contribution in [2.75, 3.05) is 19.0 Å². The van der Waals surface area contributed by atoms with Crippen LogP contribution in [-0.4, -0.2) is 30.7 Å². The number of carbonyl (C=O) groups excluding carboxylic acids is 1. The highest BCUT2D eigenvalue weighted by molar-refractivity contribution is 5.92. The van der Waals surface area contributed by atoms with E-state index in [1.54, 1.807) is 12.1 Å². The second-order valence-corrected chi connectivity index (χ2v) is 4.04. The predicted molar refractivity (Wildman–Crippen MR) is 73.0 cm³/mol. The lowest BCUT2D eigenvalue weighted by molar-refractivity contribution is -0.131. The van der Waals surface area contributed by atoms with Crippen molar-refractivity contribution >= 4 is 23.6 Å². The zero-order valence-corrected chi connectivity index (χ0v) is 11.0. The summed E-state index contributed by atoms with van der Waals surface area (Å²) in [6.07, 6.45) is 2.82. The molecule has 0 spiro atoms. The summed E-state index contributed by atoms with van der Waals surface area (Å²) in [5.74, 6) is -1.14. The number of nitrogens with one attached hydrogen (secondary N) is 1. The molecule has 0 saturated heterocycles. The number of amides is 1. The molecule has 1 amide bonds. The maximum absolute atomic E-state index is 11.6. The maximum atomic E-state index is 11.6. The van der Waals surface area contributed by atoms with Crippen molar-refractivity contribution in [1.82, 2.24) is 0 Å². The van der Waals surface area contributed by atoms with Crippen molar-refractivity contribution < 1.29 is 19.4 Å². The van der Waals surface area contributed by atoms with Crippen molar-refractivity contribution in [3.8, 4) is 0 Å². The highest BCUT2D eigenvalue weighted by Gasteiger charge is 2.05. The second-order valence-electron chi connectivity index (χ2n) is 4.04. The highest BCUT2D eigenvalue weighted by Crippen LogP contribution is 2.18. The van der Waals surface area contributed by atoms with Crippen molar-refractivity contribution in [3.63, 3.8) is 0 Å². The minimum atomic E-state index is -1.01. The average Bonchev–Trinajstić information content (AvgIpc) is 2.37. The first kappa shape index (κ1) is 14.9. The Kier molecular flexibility index (Phi) is 5.75. The number of aliphatic carboxylic acids is 1. The van der Waals surface area contributed by atoms with Crippen LogP contribution in [0, 0.1) is 6.92 Å². The summed E-state index contributed by atoms with van der Waals surface area (Å²) in [4.78, 5) is 22.0. The van der Waals surface area contributed by atoms with E-state index in [2.05, 4.69) is 5.32 Å². The number of benzene rings is 1. The van der Waals surface area contributed by atoms with E-state index in [1.165, 1.54) is 13.2 Å². The molecule has 0 aromatic heterocycles. The molecule has 0 unspecified atom stereocenters. The maximum Gasteiger partial charge on any atom is 0.328 e. The Morgan fingerprint density at radius 2 is 2.16 bits per heavy atom. The standard InChI is InChI=1S/C14H17NO4/c1-10-3-4-11(5-6-14(17)18)9-12(10)15-13(16)7-8-19-2/h3-6,9H,7-8H2,1-2H3,(H,15,16)(H,17,18). The molecule has 0 aliphatic carbocycles. The Labute approximate surface area is 111 Å². The summed E-state index contributed by atoms with van der Waals surface area (Å²) < 4.78 is 4.83. The Bertz CT molecular complexity index is 494. The van der Waals surface area contributed by atoms with E-state index < -0.39 is 5.97 Å². The Morgan fingerprint density at radius 3 is 2.79 bits per heavy atom. The van der Waals surface area contributed by atoms with Crippen LogP contribution in [-0.2, 0) is 14.3 Å². The van der Waals surface area contributed by atoms with E-state index in [0.29, 0.717) is 12.3 Å². The third-order valence-corrected chi connectivity index (χ3v) is 2.49. The summed E-state index contributed by atoms with van der Waals surface area (Å²) in [6, 6.07) is 5.35. The number of hydrogen-bond acceptors (Lipinski definition) is 3. The minimum absolute atomic E-state index is 0.135. The van der Waals surface area contributed by atoms with Gasteiger partial charge in [-0.25, -0.2) is 4.79 Å². The number of methoxy groups -OCH3 is 1. The molecular formula is C14H17NO4. The smallest absolute Gasteiger partial charge is 0.328 e. The molecule has 1 aromatic rings. The lowest BCUT2D eigenvalue weighted by Crippen LogP contribution is -2.14. The summed E-state index contributed by atoms with van der Waals surface area (Å²) >= 11 is 0. The fourth-order valence-electron chi connectivity index (χ4n) is 1.45. The van der Waals surface area contributed by atoms with Crippen LogP contribution in [0.5, 0.6) is 0 Å². The number of ether oxygens (including phenoxy) is 1. The van der Waals surface area contributed by atoms with E-state index in [9.17, 15) is 9.59 Å². The zero-order valence-electron chi connectivity index (χ0n) is 11.0. The van der Waals surface area contributed by atoms with E-state index in [1.807, 2.05) is 13.0 Å². The molecule has 0 bridgehead atoms. The van der Waals surface area contributed by atoms with Crippen LogP contribution in [0.25, 0.3) is 6.08 Å². The molecule has 0 heterocycles. The van der Waals surface area contributed by atoms with Crippen LogP contribution in [0.2, 0.25) is 0 Å². The molecular weight excluding hydrogens is 246 g/mol. The molecule has 19 heavy (non-hydrogen) atoms. The van der Waals surface area contributed by atoms with Crippen LogP contribution in [0.15, 0.2) is 24.3 Å². The largest absolute Gasteiger partial charge is 0.478 e. The SMILES string of the molecule is COCCC(=O)Nc1cc(C=CC(=O)O)ccc1C. The normalized spacial score (nSPS) is 10.6. The van der Waals surface area contributed by atoms with Gasteiger partial charge in [0.1, 0.15) is 0 Å². The average molecular weight is 263 g/mol. The Morgan fingerprint density at radius 1 is 1.42 bits per heavy atom. The van der Waals surface area contributed by atoms with E-state index in [4.69, 9.17) is 9.84 Å². The van der Waals surface area contributed by atoms with Crippen LogP contribution < -0.4 is 5.32 Å². The van der Waals surface area contributed by atoms with E-state index in [-0.39, 0.29) is 12.3 Å². The molecule has 0 aliphatic rings. The summed E-state index contributed by atoms with van der Waals surface area (Å²) in [7, 11) is 1.54. The van der Waals surface area contributed by atoms with Gasteiger partial charge in [-0.15, -0.1) is 0 Å². The van der Waals surface area contributed by atoms with Crippen LogP contribution in [0.1, 0.15) is 17.5 Å². The van der Waals surface area contributed by atoms with Crippen molar-refractivity contribution in [2.45, 2.75) is 13.3 Å². The van der Waals surface area contributed by atoms with Crippen LogP contribution >= 0.6 is 0 Å². The van der Waals surface area contributed by atoms with Gasteiger partial charge in [0.25, 0.3) is 0 Å². The first-order valence-electron chi connectivity index (χ1n) is 5.83. The van der Waals surface area contributed by atoms with Gasteiger partial charge in [0.2, 0.25) is 5.91 Å². The molecule has 1 aromatic carbocycles. The van der Waals surface area contributed by atoms with E-state index >= 15 is 0 Å². The lowest BCUT2D eigenvalue weighted by atomic mass is 10.1. The molecule has 1 rings (SSSR count). The van der Waals surface area contributed by atoms with Gasteiger partial charge in [0, 0.05) is 18.9 Å². The third kappa shape index (κ3) is 5.35. The van der Waals surface area contributed by atoms with Gasteiger partial charge in [-0.1, -0.05) is 12.1 Å². The van der Waals surface area contributed by atoms with Crippen LogP contribution in [0.3, 0.4) is 0 Å². The molecule has 2 N–H and O–H groups in total. The topological polar surface area (TPSA) is 75.6 Å². The minimum Gasteiger partial charge on any atom is -0.478 e. The molecule has 0 aliphatic heterocycles. The number of carbonyl (C=O) groups is 2. The number of carboxylic acids is 1. The fraction of sp³-hybridized carbons (Fsp3) is 0.286. The van der Waals surface area contributed by atoms with Gasteiger partial charge >= 0.3 is 5.97 Å². The molecule has 0 radical (unpaired) electrons. The highest BCUT2D eigenvalue weighted by atomic mass is 16.5.